The number of rotatable bonds is 5. The predicted molar refractivity (Wildman–Crippen MR) is 52.4 cm³/mol. The van der Waals surface area contributed by atoms with Crippen molar-refractivity contribution in [3.05, 3.63) is 5.92 Å². The molecule has 0 amide bonds. The van der Waals surface area contributed by atoms with E-state index in [9.17, 15) is 0 Å². The van der Waals surface area contributed by atoms with Gasteiger partial charge in [-0.1, -0.05) is 47.5 Å². The summed E-state index contributed by atoms with van der Waals surface area (Å²) in [6, 6.07) is 0. The minimum atomic E-state index is 0.779. The zero-order chi connectivity index (χ0) is 8.85. The van der Waals surface area contributed by atoms with Crippen molar-refractivity contribution >= 4 is 0 Å². The van der Waals surface area contributed by atoms with Crippen LogP contribution in [0.25, 0.3) is 0 Å². The summed E-state index contributed by atoms with van der Waals surface area (Å²) >= 11 is 0. The Morgan fingerprint density at radius 3 is 1.73 bits per heavy atom. The maximum Gasteiger partial charge on any atom is -0.0190 e. The molecule has 0 aromatic rings. The van der Waals surface area contributed by atoms with Crippen molar-refractivity contribution in [3.63, 3.8) is 0 Å². The Labute approximate surface area is 72.4 Å². The number of hydrogen-bond donors (Lipinski definition) is 0. The van der Waals surface area contributed by atoms with Crippen LogP contribution >= 0.6 is 0 Å². The molecule has 0 saturated heterocycles. The zero-order valence-corrected chi connectivity index (χ0v) is 8.78. The van der Waals surface area contributed by atoms with Crippen LogP contribution in [0.4, 0.5) is 0 Å². The molecule has 0 aliphatic rings. The van der Waals surface area contributed by atoms with Gasteiger partial charge in [0.05, 0.1) is 0 Å². The SMILES string of the molecule is CCCC[C](C(C)C)C(C)C. The Hall–Kier alpha value is 0. The van der Waals surface area contributed by atoms with Gasteiger partial charge in [0.15, 0.2) is 0 Å². The summed E-state index contributed by atoms with van der Waals surface area (Å²) in [7, 11) is 0. The predicted octanol–water partition coefficient (Wildman–Crippen LogP) is 4.06. The Bertz CT molecular complexity index is 74.0. The van der Waals surface area contributed by atoms with E-state index in [0.29, 0.717) is 0 Å². The molecule has 0 aromatic heterocycles. The van der Waals surface area contributed by atoms with Crippen molar-refractivity contribution in [2.24, 2.45) is 11.8 Å². The second-order valence-electron chi connectivity index (χ2n) is 3.99. The molecule has 0 aliphatic heterocycles. The van der Waals surface area contributed by atoms with Crippen molar-refractivity contribution in [1.82, 2.24) is 0 Å². The van der Waals surface area contributed by atoms with Crippen LogP contribution in [0.1, 0.15) is 53.9 Å². The molecule has 0 aromatic carbocycles. The quantitative estimate of drug-likeness (QED) is 0.561. The lowest BCUT2D eigenvalue weighted by atomic mass is 9.82. The molecule has 67 valence electrons. The van der Waals surface area contributed by atoms with Gasteiger partial charge in [0.25, 0.3) is 0 Å². The Balaban J connectivity index is 3.70. The van der Waals surface area contributed by atoms with Crippen LogP contribution in [-0.4, -0.2) is 0 Å². The molecule has 0 aliphatic carbocycles. The summed E-state index contributed by atoms with van der Waals surface area (Å²) in [6.07, 6.45) is 4.03. The van der Waals surface area contributed by atoms with Gasteiger partial charge in [0.1, 0.15) is 0 Å². The van der Waals surface area contributed by atoms with Gasteiger partial charge in [-0.15, -0.1) is 0 Å². The molecule has 0 atom stereocenters. The molecular weight excluding hydrogens is 132 g/mol. The van der Waals surface area contributed by atoms with Gasteiger partial charge in [-0.2, -0.15) is 0 Å². The van der Waals surface area contributed by atoms with E-state index < -0.39 is 0 Å². The first-order chi connectivity index (χ1) is 5.09. The summed E-state index contributed by atoms with van der Waals surface area (Å²) in [5.74, 6) is 3.30. The fraction of sp³-hybridized carbons (Fsp3) is 0.909. The lowest BCUT2D eigenvalue weighted by Gasteiger charge is -2.23. The molecule has 11 heavy (non-hydrogen) atoms. The molecule has 0 unspecified atom stereocenters. The molecule has 0 fully saturated rings. The molecule has 0 nitrogen and oxygen atoms in total. The molecule has 0 rings (SSSR count). The van der Waals surface area contributed by atoms with Gasteiger partial charge in [-0.05, 0) is 24.2 Å². The molecular formula is C11H23. The van der Waals surface area contributed by atoms with E-state index >= 15 is 0 Å². The minimum Gasteiger partial charge on any atom is -0.0654 e. The van der Waals surface area contributed by atoms with E-state index in [1.165, 1.54) is 19.3 Å². The number of unbranched alkanes of at least 4 members (excludes halogenated alkanes) is 1. The van der Waals surface area contributed by atoms with E-state index in [1.54, 1.807) is 5.92 Å². The highest BCUT2D eigenvalue weighted by molar-refractivity contribution is 4.95. The summed E-state index contributed by atoms with van der Waals surface area (Å²) in [5, 5.41) is 0. The average Bonchev–Trinajstić information content (AvgIpc) is 1.87. The highest BCUT2D eigenvalue weighted by Crippen LogP contribution is 2.27. The summed E-state index contributed by atoms with van der Waals surface area (Å²) in [5.41, 5.74) is 0. The molecule has 0 N–H and O–H groups in total. The molecule has 0 bridgehead atoms. The van der Waals surface area contributed by atoms with Crippen molar-refractivity contribution in [1.29, 1.82) is 0 Å². The highest BCUT2D eigenvalue weighted by atomic mass is 14.2. The third-order valence-electron chi connectivity index (χ3n) is 2.30. The van der Waals surface area contributed by atoms with Crippen molar-refractivity contribution < 1.29 is 0 Å². The van der Waals surface area contributed by atoms with E-state index in [1.807, 2.05) is 0 Å². The summed E-state index contributed by atoms with van der Waals surface area (Å²) in [6.45, 7) is 11.5. The van der Waals surface area contributed by atoms with Crippen LogP contribution in [0.5, 0.6) is 0 Å². The normalized spacial score (nSPS) is 12.0. The molecule has 0 heteroatoms. The third kappa shape index (κ3) is 4.44. The van der Waals surface area contributed by atoms with E-state index in [2.05, 4.69) is 34.6 Å². The lowest BCUT2D eigenvalue weighted by Crippen LogP contribution is -2.12. The Morgan fingerprint density at radius 1 is 1.00 bits per heavy atom. The smallest absolute Gasteiger partial charge is 0.0190 e. The second kappa shape index (κ2) is 5.62. The fourth-order valence-corrected chi connectivity index (χ4v) is 1.62. The lowest BCUT2D eigenvalue weighted by molar-refractivity contribution is 0.465. The van der Waals surface area contributed by atoms with Crippen LogP contribution in [0.2, 0.25) is 0 Å². The topological polar surface area (TPSA) is 0 Å². The molecule has 0 spiro atoms. The highest BCUT2D eigenvalue weighted by Gasteiger charge is 2.16. The van der Waals surface area contributed by atoms with Crippen LogP contribution in [-0.2, 0) is 0 Å². The minimum absolute atomic E-state index is 0.779. The molecule has 1 radical (unpaired) electrons. The first kappa shape index (κ1) is 11.0. The second-order valence-corrected chi connectivity index (χ2v) is 3.99. The maximum absolute atomic E-state index is 2.31. The monoisotopic (exact) mass is 155 g/mol. The first-order valence-electron chi connectivity index (χ1n) is 4.95. The molecule has 0 heterocycles. The standard InChI is InChI=1S/C11H23/c1-6-7-8-11(9(2)3)10(4)5/h9-10H,6-8H2,1-5H3. The van der Waals surface area contributed by atoms with E-state index in [4.69, 9.17) is 0 Å². The largest absolute Gasteiger partial charge is 0.0654 e. The van der Waals surface area contributed by atoms with E-state index in [-0.39, 0.29) is 0 Å². The van der Waals surface area contributed by atoms with Gasteiger partial charge in [0.2, 0.25) is 0 Å². The van der Waals surface area contributed by atoms with Gasteiger partial charge in [0, 0.05) is 0 Å². The van der Waals surface area contributed by atoms with E-state index in [0.717, 1.165) is 11.8 Å². The van der Waals surface area contributed by atoms with Gasteiger partial charge in [-0.25, -0.2) is 0 Å². The van der Waals surface area contributed by atoms with Crippen LogP contribution in [0, 0.1) is 17.8 Å². The number of hydrogen-bond acceptors (Lipinski definition) is 0. The van der Waals surface area contributed by atoms with Gasteiger partial charge < -0.3 is 0 Å². The summed E-state index contributed by atoms with van der Waals surface area (Å²) in [4.78, 5) is 0. The van der Waals surface area contributed by atoms with Gasteiger partial charge in [-0.3, -0.25) is 0 Å². The molecule has 0 saturated carbocycles. The Kier molecular flexibility index (Phi) is 5.62. The van der Waals surface area contributed by atoms with Crippen LogP contribution in [0.3, 0.4) is 0 Å². The van der Waals surface area contributed by atoms with Crippen LogP contribution < -0.4 is 0 Å². The maximum atomic E-state index is 2.31. The first-order valence-corrected chi connectivity index (χ1v) is 4.95. The van der Waals surface area contributed by atoms with Gasteiger partial charge >= 0.3 is 0 Å². The fourth-order valence-electron chi connectivity index (χ4n) is 1.62. The Morgan fingerprint density at radius 2 is 1.45 bits per heavy atom. The summed E-state index contributed by atoms with van der Waals surface area (Å²) < 4.78 is 0. The van der Waals surface area contributed by atoms with Crippen molar-refractivity contribution in [3.8, 4) is 0 Å². The average molecular weight is 155 g/mol. The van der Waals surface area contributed by atoms with Crippen molar-refractivity contribution in [2.75, 3.05) is 0 Å². The van der Waals surface area contributed by atoms with Crippen molar-refractivity contribution in [2.45, 2.75) is 53.9 Å². The third-order valence-corrected chi connectivity index (χ3v) is 2.30. The zero-order valence-electron chi connectivity index (χ0n) is 8.78. The van der Waals surface area contributed by atoms with Crippen LogP contribution in [0.15, 0.2) is 0 Å².